The number of para-hydroxylation sites is 1. The van der Waals surface area contributed by atoms with Crippen LogP contribution in [0.3, 0.4) is 0 Å². The van der Waals surface area contributed by atoms with Crippen LogP contribution in [0.1, 0.15) is 20.8 Å². The van der Waals surface area contributed by atoms with Crippen molar-refractivity contribution >= 4 is 16.5 Å². The van der Waals surface area contributed by atoms with E-state index in [1.54, 1.807) is 12.1 Å². The first-order valence-electron chi connectivity index (χ1n) is 4.48. The molecular weight excluding hydrogens is 182 g/mol. The molecule has 0 aliphatic rings. The Morgan fingerprint density at radius 3 is 2.31 bits per heavy atom. The number of hydrogen-bond acceptors (Lipinski definition) is 2. The fourth-order valence-electron chi connectivity index (χ4n) is 0.843. The first-order valence-corrected chi connectivity index (χ1v) is 5.80. The monoisotopic (exact) mass is 199 g/mol. The minimum Gasteiger partial charge on any atom is -0.398 e. The first-order chi connectivity index (χ1) is 6.25. The van der Waals surface area contributed by atoms with Crippen LogP contribution in [-0.4, -0.2) is 9.96 Å². The molecule has 0 saturated heterocycles. The van der Waals surface area contributed by atoms with Gasteiger partial charge in [0.25, 0.3) is 0 Å². The number of nitrogen functional groups attached to an aromatic ring is 1. The first kappa shape index (κ1) is 12.2. The van der Waals surface area contributed by atoms with Crippen molar-refractivity contribution in [2.45, 2.75) is 25.7 Å². The van der Waals surface area contributed by atoms with Crippen molar-refractivity contribution < 1.29 is 4.21 Å². The van der Waals surface area contributed by atoms with Crippen LogP contribution in [0.2, 0.25) is 0 Å². The molecule has 0 aliphatic heterocycles. The van der Waals surface area contributed by atoms with Crippen LogP contribution in [0, 0.1) is 0 Å². The third-order valence-corrected chi connectivity index (χ3v) is 2.81. The summed E-state index contributed by atoms with van der Waals surface area (Å²) in [5.74, 6) is 0.619. The highest BCUT2D eigenvalue weighted by molar-refractivity contribution is 7.85. The number of anilines is 1. The van der Waals surface area contributed by atoms with Gasteiger partial charge in [-0.2, -0.15) is 0 Å². The van der Waals surface area contributed by atoms with E-state index in [0.717, 1.165) is 4.90 Å². The second-order valence-electron chi connectivity index (χ2n) is 2.17. The SMILES string of the molecule is CC.CCS(=O)c1ccccc1N. The Morgan fingerprint density at radius 2 is 1.85 bits per heavy atom. The molecule has 13 heavy (non-hydrogen) atoms. The molecule has 0 heterocycles. The Morgan fingerprint density at radius 1 is 1.31 bits per heavy atom. The summed E-state index contributed by atoms with van der Waals surface area (Å²) in [5.41, 5.74) is 6.22. The predicted octanol–water partition coefficient (Wildman–Crippen LogP) is 2.42. The lowest BCUT2D eigenvalue weighted by molar-refractivity contribution is 0.684. The molecule has 1 aromatic rings. The van der Waals surface area contributed by atoms with Crippen LogP contribution in [0.25, 0.3) is 0 Å². The van der Waals surface area contributed by atoms with Gasteiger partial charge in [0.15, 0.2) is 0 Å². The van der Waals surface area contributed by atoms with Crippen LogP contribution in [0.15, 0.2) is 29.2 Å². The van der Waals surface area contributed by atoms with E-state index in [-0.39, 0.29) is 0 Å². The zero-order chi connectivity index (χ0) is 10.3. The average Bonchev–Trinajstić information content (AvgIpc) is 2.20. The van der Waals surface area contributed by atoms with Crippen molar-refractivity contribution in [2.75, 3.05) is 11.5 Å². The Kier molecular flexibility index (Phi) is 6.24. The summed E-state index contributed by atoms with van der Waals surface area (Å²) >= 11 is 0. The Hall–Kier alpha value is -0.830. The van der Waals surface area contributed by atoms with Crippen molar-refractivity contribution in [2.24, 2.45) is 0 Å². The topological polar surface area (TPSA) is 43.1 Å². The molecule has 0 fully saturated rings. The second kappa shape index (κ2) is 6.66. The van der Waals surface area contributed by atoms with Crippen molar-refractivity contribution in [3.05, 3.63) is 24.3 Å². The highest BCUT2D eigenvalue weighted by atomic mass is 32.2. The summed E-state index contributed by atoms with van der Waals surface area (Å²) in [4.78, 5) is 0.745. The summed E-state index contributed by atoms with van der Waals surface area (Å²) in [6.45, 7) is 5.88. The molecule has 0 aromatic heterocycles. The maximum Gasteiger partial charge on any atom is 0.0617 e. The van der Waals surface area contributed by atoms with Gasteiger partial charge in [-0.25, -0.2) is 0 Å². The van der Waals surface area contributed by atoms with Gasteiger partial charge in [0, 0.05) is 11.4 Å². The molecule has 0 bridgehead atoms. The maximum atomic E-state index is 11.3. The molecule has 0 spiro atoms. The van der Waals surface area contributed by atoms with Gasteiger partial charge in [-0.05, 0) is 12.1 Å². The van der Waals surface area contributed by atoms with Crippen LogP contribution in [0.4, 0.5) is 5.69 Å². The largest absolute Gasteiger partial charge is 0.398 e. The third-order valence-electron chi connectivity index (χ3n) is 1.43. The second-order valence-corrected chi connectivity index (χ2v) is 3.88. The van der Waals surface area contributed by atoms with Gasteiger partial charge in [0.05, 0.1) is 15.7 Å². The number of rotatable bonds is 2. The molecule has 3 heteroatoms. The summed E-state index contributed by atoms with van der Waals surface area (Å²) in [7, 11) is -0.927. The van der Waals surface area contributed by atoms with Gasteiger partial charge >= 0.3 is 0 Å². The smallest absolute Gasteiger partial charge is 0.0617 e. The van der Waals surface area contributed by atoms with E-state index < -0.39 is 10.8 Å². The standard InChI is InChI=1S/C8H11NOS.C2H6/c1-2-11(10)8-6-4-3-5-7(8)9;1-2/h3-6H,2,9H2,1H3;1-2H3. The van der Waals surface area contributed by atoms with E-state index in [1.165, 1.54) is 0 Å². The molecular formula is C10H17NOS. The Bertz CT molecular complexity index is 273. The summed E-state index contributed by atoms with van der Waals surface area (Å²) in [5, 5.41) is 0. The molecule has 1 unspecified atom stereocenters. The van der Waals surface area contributed by atoms with E-state index in [1.807, 2.05) is 32.9 Å². The molecule has 74 valence electrons. The van der Waals surface area contributed by atoms with Gasteiger partial charge in [-0.15, -0.1) is 0 Å². The Labute approximate surface area is 82.6 Å². The van der Waals surface area contributed by atoms with Crippen molar-refractivity contribution in [1.29, 1.82) is 0 Å². The lowest BCUT2D eigenvalue weighted by atomic mass is 10.3. The van der Waals surface area contributed by atoms with E-state index in [0.29, 0.717) is 11.4 Å². The van der Waals surface area contributed by atoms with E-state index in [4.69, 9.17) is 5.73 Å². The van der Waals surface area contributed by atoms with Crippen LogP contribution in [0.5, 0.6) is 0 Å². The number of hydrogen-bond donors (Lipinski definition) is 1. The molecule has 0 saturated carbocycles. The van der Waals surface area contributed by atoms with Gasteiger partial charge in [0.1, 0.15) is 0 Å². The van der Waals surface area contributed by atoms with E-state index in [2.05, 4.69) is 0 Å². The molecule has 0 radical (unpaired) electrons. The maximum absolute atomic E-state index is 11.3. The highest BCUT2D eigenvalue weighted by Gasteiger charge is 2.02. The highest BCUT2D eigenvalue weighted by Crippen LogP contribution is 2.14. The Balaban J connectivity index is 0.000000671. The number of nitrogens with two attached hydrogens (primary N) is 1. The zero-order valence-electron chi connectivity index (χ0n) is 8.41. The molecule has 2 N–H and O–H groups in total. The predicted molar refractivity (Wildman–Crippen MR) is 59.2 cm³/mol. The van der Waals surface area contributed by atoms with Crippen molar-refractivity contribution in [1.82, 2.24) is 0 Å². The average molecular weight is 199 g/mol. The fraction of sp³-hybridized carbons (Fsp3) is 0.400. The lowest BCUT2D eigenvalue weighted by Crippen LogP contribution is -1.98. The lowest BCUT2D eigenvalue weighted by Gasteiger charge is -2.01. The summed E-state index contributed by atoms with van der Waals surface area (Å²) < 4.78 is 11.3. The van der Waals surface area contributed by atoms with Gasteiger partial charge in [0.2, 0.25) is 0 Å². The summed E-state index contributed by atoms with van der Waals surface area (Å²) in [6.07, 6.45) is 0. The quantitative estimate of drug-likeness (QED) is 0.743. The molecule has 1 rings (SSSR count). The van der Waals surface area contributed by atoms with Crippen molar-refractivity contribution in [3.63, 3.8) is 0 Å². The molecule has 1 atom stereocenters. The van der Waals surface area contributed by atoms with Gasteiger partial charge < -0.3 is 5.73 Å². The molecule has 0 aliphatic carbocycles. The van der Waals surface area contributed by atoms with Crippen LogP contribution < -0.4 is 5.73 Å². The van der Waals surface area contributed by atoms with Gasteiger partial charge in [-0.3, -0.25) is 4.21 Å². The van der Waals surface area contributed by atoms with Gasteiger partial charge in [-0.1, -0.05) is 32.9 Å². The van der Waals surface area contributed by atoms with E-state index >= 15 is 0 Å². The molecule has 1 aromatic carbocycles. The normalized spacial score (nSPS) is 11.3. The third kappa shape index (κ3) is 3.59. The number of benzene rings is 1. The molecule has 2 nitrogen and oxygen atoms in total. The minimum atomic E-state index is -0.927. The van der Waals surface area contributed by atoms with Crippen LogP contribution >= 0.6 is 0 Å². The van der Waals surface area contributed by atoms with Crippen molar-refractivity contribution in [3.8, 4) is 0 Å². The summed E-state index contributed by atoms with van der Waals surface area (Å²) in [6, 6.07) is 7.25. The van der Waals surface area contributed by atoms with E-state index in [9.17, 15) is 4.21 Å². The molecule has 0 amide bonds. The minimum absolute atomic E-state index is 0.618. The van der Waals surface area contributed by atoms with Crippen LogP contribution in [-0.2, 0) is 10.8 Å². The fourth-order valence-corrected chi connectivity index (χ4v) is 1.72. The zero-order valence-corrected chi connectivity index (χ0v) is 9.23.